The second-order valence-corrected chi connectivity index (χ2v) is 5.86. The molecule has 2 N–H and O–H groups in total. The molecule has 0 aromatic heterocycles. The maximum Gasteiger partial charge on any atom is 0.229 e. The summed E-state index contributed by atoms with van der Waals surface area (Å²) >= 11 is 0. The minimum Gasteiger partial charge on any atom is -0.330 e. The van der Waals surface area contributed by atoms with Gasteiger partial charge in [0.1, 0.15) is 0 Å². The number of nitrogens with two attached hydrogens (primary N) is 1. The van der Waals surface area contributed by atoms with Crippen LogP contribution < -0.4 is 5.73 Å². The second-order valence-electron chi connectivity index (χ2n) is 5.86. The van der Waals surface area contributed by atoms with Gasteiger partial charge in [-0.1, -0.05) is 19.8 Å². The van der Waals surface area contributed by atoms with Crippen molar-refractivity contribution >= 4 is 11.8 Å². The van der Waals surface area contributed by atoms with Gasteiger partial charge in [0.2, 0.25) is 11.8 Å². The molecule has 2 amide bonds. The van der Waals surface area contributed by atoms with Crippen molar-refractivity contribution in [2.75, 3.05) is 6.54 Å². The van der Waals surface area contributed by atoms with E-state index in [0.29, 0.717) is 19.4 Å². The molecule has 1 saturated heterocycles. The average Bonchev–Trinajstić information content (AvgIpc) is 2.74. The van der Waals surface area contributed by atoms with Crippen LogP contribution in [0, 0.1) is 5.41 Å². The van der Waals surface area contributed by atoms with Gasteiger partial charge in [0.05, 0.1) is 0 Å². The monoisotopic (exact) mass is 252 g/mol. The first-order chi connectivity index (χ1) is 8.62. The molecule has 1 spiro atoms. The Morgan fingerprint density at radius 1 is 1.22 bits per heavy atom. The van der Waals surface area contributed by atoms with Gasteiger partial charge >= 0.3 is 0 Å². The van der Waals surface area contributed by atoms with Crippen LogP contribution >= 0.6 is 0 Å². The number of nitrogens with zero attached hydrogens (tertiary/aromatic N) is 1. The number of rotatable bonds is 4. The Hall–Kier alpha value is -0.900. The molecule has 0 radical (unpaired) electrons. The summed E-state index contributed by atoms with van der Waals surface area (Å²) in [6.07, 6.45) is 7.10. The molecule has 18 heavy (non-hydrogen) atoms. The summed E-state index contributed by atoms with van der Waals surface area (Å²) in [5.74, 6) is 0.0712. The quantitative estimate of drug-likeness (QED) is 0.776. The molecule has 2 fully saturated rings. The van der Waals surface area contributed by atoms with Crippen molar-refractivity contribution in [2.45, 2.75) is 64.3 Å². The van der Waals surface area contributed by atoms with Crippen molar-refractivity contribution in [3.63, 3.8) is 0 Å². The topological polar surface area (TPSA) is 63.4 Å². The molecular formula is C14H24N2O2. The molecule has 1 aliphatic heterocycles. The molecule has 2 rings (SSSR count). The summed E-state index contributed by atoms with van der Waals surface area (Å²) in [5, 5.41) is 0. The zero-order chi connectivity index (χ0) is 13.2. The van der Waals surface area contributed by atoms with E-state index < -0.39 is 0 Å². The fraction of sp³-hybridized carbons (Fsp3) is 0.857. The Morgan fingerprint density at radius 2 is 1.78 bits per heavy atom. The van der Waals surface area contributed by atoms with Crippen LogP contribution in [-0.2, 0) is 9.59 Å². The molecule has 2 aliphatic rings. The van der Waals surface area contributed by atoms with Crippen LogP contribution in [0.2, 0.25) is 0 Å². The Morgan fingerprint density at radius 3 is 2.22 bits per heavy atom. The minimum atomic E-state index is 0.00563. The smallest absolute Gasteiger partial charge is 0.229 e. The standard InChI is InChI=1S/C14H24N2O2/c1-2-11(5-8-15)16-12(17)9-14(10-13(16)18)6-3-4-7-14/h11H,2-10,15H2,1H3. The van der Waals surface area contributed by atoms with Gasteiger partial charge in [-0.3, -0.25) is 14.5 Å². The molecular weight excluding hydrogens is 228 g/mol. The number of hydrogen-bond donors (Lipinski definition) is 1. The molecule has 1 saturated carbocycles. The van der Waals surface area contributed by atoms with E-state index in [1.54, 1.807) is 0 Å². The van der Waals surface area contributed by atoms with Crippen LogP contribution in [0.25, 0.3) is 0 Å². The zero-order valence-corrected chi connectivity index (χ0v) is 11.3. The Bertz CT molecular complexity index is 315. The van der Waals surface area contributed by atoms with Crippen LogP contribution in [-0.4, -0.2) is 29.3 Å². The number of imide groups is 1. The summed E-state index contributed by atoms with van der Waals surface area (Å²) in [5.41, 5.74) is 5.57. The van der Waals surface area contributed by atoms with Crippen LogP contribution in [0.4, 0.5) is 0 Å². The van der Waals surface area contributed by atoms with Gasteiger partial charge in [-0.2, -0.15) is 0 Å². The Labute approximate surface area is 109 Å². The lowest BCUT2D eigenvalue weighted by Gasteiger charge is -2.40. The van der Waals surface area contributed by atoms with E-state index in [4.69, 9.17) is 5.73 Å². The van der Waals surface area contributed by atoms with Gasteiger partial charge in [0.25, 0.3) is 0 Å². The molecule has 0 aromatic carbocycles. The van der Waals surface area contributed by atoms with Crippen molar-refractivity contribution in [1.29, 1.82) is 0 Å². The van der Waals surface area contributed by atoms with E-state index in [1.165, 1.54) is 17.7 Å². The molecule has 0 aromatic rings. The lowest BCUT2D eigenvalue weighted by Crippen LogP contribution is -2.52. The Balaban J connectivity index is 2.10. The molecule has 1 aliphatic carbocycles. The number of piperidine rings is 1. The minimum absolute atomic E-state index is 0.00563. The zero-order valence-electron chi connectivity index (χ0n) is 11.3. The van der Waals surface area contributed by atoms with Crippen molar-refractivity contribution in [2.24, 2.45) is 11.1 Å². The van der Waals surface area contributed by atoms with Crippen molar-refractivity contribution in [1.82, 2.24) is 4.90 Å². The summed E-state index contributed by atoms with van der Waals surface area (Å²) in [6.45, 7) is 2.54. The van der Waals surface area contributed by atoms with Crippen LogP contribution in [0.3, 0.4) is 0 Å². The lowest BCUT2D eigenvalue weighted by atomic mass is 9.76. The van der Waals surface area contributed by atoms with Gasteiger partial charge in [-0.05, 0) is 37.6 Å². The van der Waals surface area contributed by atoms with E-state index in [-0.39, 0.29) is 23.3 Å². The highest BCUT2D eigenvalue weighted by Gasteiger charge is 2.46. The maximum absolute atomic E-state index is 12.3. The summed E-state index contributed by atoms with van der Waals surface area (Å²) in [4.78, 5) is 26.1. The van der Waals surface area contributed by atoms with Crippen LogP contribution in [0.15, 0.2) is 0 Å². The lowest BCUT2D eigenvalue weighted by molar-refractivity contribution is -0.156. The largest absolute Gasteiger partial charge is 0.330 e. The highest BCUT2D eigenvalue weighted by molar-refractivity contribution is 5.99. The molecule has 1 heterocycles. The van der Waals surface area contributed by atoms with Crippen LogP contribution in [0.1, 0.15) is 58.3 Å². The van der Waals surface area contributed by atoms with E-state index in [1.807, 2.05) is 6.92 Å². The first-order valence-electron chi connectivity index (χ1n) is 7.17. The third kappa shape index (κ3) is 2.44. The average molecular weight is 252 g/mol. The normalized spacial score (nSPS) is 24.9. The van der Waals surface area contributed by atoms with E-state index in [9.17, 15) is 9.59 Å². The fourth-order valence-electron chi connectivity index (χ4n) is 3.61. The van der Waals surface area contributed by atoms with Crippen molar-refractivity contribution < 1.29 is 9.59 Å². The third-order valence-corrected chi connectivity index (χ3v) is 4.59. The first-order valence-corrected chi connectivity index (χ1v) is 7.17. The molecule has 1 unspecified atom stereocenters. The molecule has 0 bridgehead atoms. The van der Waals surface area contributed by atoms with E-state index >= 15 is 0 Å². The van der Waals surface area contributed by atoms with E-state index in [0.717, 1.165) is 25.7 Å². The third-order valence-electron chi connectivity index (χ3n) is 4.59. The van der Waals surface area contributed by atoms with E-state index in [2.05, 4.69) is 0 Å². The van der Waals surface area contributed by atoms with Crippen molar-refractivity contribution in [3.8, 4) is 0 Å². The summed E-state index contributed by atoms with van der Waals surface area (Å²) < 4.78 is 0. The second kappa shape index (κ2) is 5.39. The molecule has 1 atom stereocenters. The number of hydrogen-bond acceptors (Lipinski definition) is 3. The predicted molar refractivity (Wildman–Crippen MR) is 69.7 cm³/mol. The van der Waals surface area contributed by atoms with Gasteiger partial charge in [-0.15, -0.1) is 0 Å². The number of carbonyl (C=O) groups is 2. The van der Waals surface area contributed by atoms with Gasteiger partial charge < -0.3 is 5.73 Å². The first kappa shape index (κ1) is 13.5. The number of amides is 2. The van der Waals surface area contributed by atoms with Gasteiger partial charge in [0.15, 0.2) is 0 Å². The number of carbonyl (C=O) groups excluding carboxylic acids is 2. The summed E-state index contributed by atoms with van der Waals surface area (Å²) in [7, 11) is 0. The highest BCUT2D eigenvalue weighted by Crippen LogP contribution is 2.47. The van der Waals surface area contributed by atoms with Crippen molar-refractivity contribution in [3.05, 3.63) is 0 Å². The summed E-state index contributed by atoms with van der Waals surface area (Å²) in [6, 6.07) is 0.00810. The number of likely N-dealkylation sites (tertiary alicyclic amines) is 1. The maximum atomic E-state index is 12.3. The predicted octanol–water partition coefficient (Wildman–Crippen LogP) is 1.82. The molecule has 4 nitrogen and oxygen atoms in total. The highest BCUT2D eigenvalue weighted by atomic mass is 16.2. The van der Waals surface area contributed by atoms with Crippen LogP contribution in [0.5, 0.6) is 0 Å². The van der Waals surface area contributed by atoms with Gasteiger partial charge in [0, 0.05) is 18.9 Å². The molecule has 4 heteroatoms. The Kier molecular flexibility index (Phi) is 4.05. The van der Waals surface area contributed by atoms with Gasteiger partial charge in [-0.25, -0.2) is 0 Å². The SMILES string of the molecule is CCC(CCN)N1C(=O)CC2(CCCC2)CC1=O. The molecule has 102 valence electrons. The fourth-order valence-corrected chi connectivity index (χ4v) is 3.61.